The van der Waals surface area contributed by atoms with E-state index >= 15 is 0 Å². The first kappa shape index (κ1) is 30.1. The van der Waals surface area contributed by atoms with Crippen molar-refractivity contribution < 1.29 is 19.3 Å². The quantitative estimate of drug-likeness (QED) is 0.127. The molecule has 0 bridgehead atoms. The predicted molar refractivity (Wildman–Crippen MR) is 169 cm³/mol. The maximum absolute atomic E-state index is 13.9. The van der Waals surface area contributed by atoms with Gasteiger partial charge in [-0.2, -0.15) is 0 Å². The average Bonchev–Trinajstić information content (AvgIpc) is 2.98. The summed E-state index contributed by atoms with van der Waals surface area (Å²) in [5.74, 6) is 0.797. The standard InChI is InChI=1S/C35H35NO4S2/c1-6-22(2)21-39-36-40-24-15-19-26(20-16-24)42-30-12-8-10-28-32(30)34(38)27-9-7-11-29(31(27)33(28)37)41-25-17-13-23(14-18-25)35(3,4)5/h7-20,22,36H,6,21H2,1-5H3. The molecule has 7 heteroatoms. The van der Waals surface area contributed by atoms with Crippen molar-refractivity contribution in [2.45, 2.75) is 66.0 Å². The van der Waals surface area contributed by atoms with Crippen LogP contribution in [0.2, 0.25) is 0 Å². The second-order valence-electron chi connectivity index (χ2n) is 11.5. The van der Waals surface area contributed by atoms with Crippen molar-refractivity contribution in [2.75, 3.05) is 6.61 Å². The molecule has 216 valence electrons. The molecular weight excluding hydrogens is 563 g/mol. The van der Waals surface area contributed by atoms with Gasteiger partial charge in [0.15, 0.2) is 11.6 Å². The van der Waals surface area contributed by atoms with Crippen LogP contribution in [0.25, 0.3) is 0 Å². The Bertz CT molecular complexity index is 1590. The van der Waals surface area contributed by atoms with Crippen molar-refractivity contribution in [2.24, 2.45) is 5.92 Å². The first-order chi connectivity index (χ1) is 20.2. The second kappa shape index (κ2) is 12.9. The molecule has 0 heterocycles. The Kier molecular flexibility index (Phi) is 9.23. The highest BCUT2D eigenvalue weighted by atomic mass is 32.2. The number of rotatable bonds is 10. The molecule has 1 unspecified atom stereocenters. The zero-order valence-electron chi connectivity index (χ0n) is 24.5. The minimum Gasteiger partial charge on any atom is -0.383 e. The zero-order chi connectivity index (χ0) is 29.9. The Balaban J connectivity index is 1.35. The Labute approximate surface area is 256 Å². The fourth-order valence-electron chi connectivity index (χ4n) is 4.57. The number of ketones is 2. The SMILES string of the molecule is CCC(C)CONOc1ccc(Sc2cccc3c2C(=O)c2cccc(Sc4ccc(C(C)(C)C)cc4)c2C3=O)cc1. The Morgan fingerprint density at radius 1 is 0.738 bits per heavy atom. The number of hydrogen-bond acceptors (Lipinski definition) is 7. The van der Waals surface area contributed by atoms with Crippen LogP contribution in [0.15, 0.2) is 105 Å². The molecule has 0 aromatic heterocycles. The van der Waals surface area contributed by atoms with Gasteiger partial charge in [-0.3, -0.25) is 14.4 Å². The van der Waals surface area contributed by atoms with Crippen LogP contribution in [0, 0.1) is 5.92 Å². The van der Waals surface area contributed by atoms with E-state index in [0.29, 0.717) is 40.5 Å². The van der Waals surface area contributed by atoms with Crippen molar-refractivity contribution >= 4 is 35.1 Å². The average molecular weight is 598 g/mol. The van der Waals surface area contributed by atoms with Crippen LogP contribution in [0.1, 0.15) is 78.4 Å². The molecule has 5 rings (SSSR count). The third-order valence-corrected chi connectivity index (χ3v) is 9.41. The monoisotopic (exact) mass is 597 g/mol. The van der Waals surface area contributed by atoms with Gasteiger partial charge in [-0.1, -0.05) is 101 Å². The van der Waals surface area contributed by atoms with Gasteiger partial charge >= 0.3 is 0 Å². The van der Waals surface area contributed by atoms with E-state index in [9.17, 15) is 9.59 Å². The van der Waals surface area contributed by atoms with Gasteiger partial charge in [-0.25, -0.2) is 0 Å². The van der Waals surface area contributed by atoms with Crippen molar-refractivity contribution in [3.05, 3.63) is 113 Å². The zero-order valence-corrected chi connectivity index (χ0v) is 26.2. The van der Waals surface area contributed by atoms with Crippen LogP contribution in [0.5, 0.6) is 5.75 Å². The Morgan fingerprint density at radius 2 is 1.24 bits per heavy atom. The lowest BCUT2D eigenvalue weighted by Crippen LogP contribution is -2.22. The molecule has 5 nitrogen and oxygen atoms in total. The van der Waals surface area contributed by atoms with Crippen LogP contribution in [-0.2, 0) is 10.3 Å². The molecule has 1 N–H and O–H groups in total. The Hall–Kier alpha value is -3.36. The van der Waals surface area contributed by atoms with Crippen LogP contribution < -0.4 is 10.5 Å². The lowest BCUT2D eigenvalue weighted by Gasteiger charge is -2.22. The normalized spacial score (nSPS) is 13.5. The van der Waals surface area contributed by atoms with Crippen LogP contribution in [0.4, 0.5) is 0 Å². The molecule has 1 atom stereocenters. The number of benzene rings is 4. The third-order valence-electron chi connectivity index (χ3n) is 7.28. The largest absolute Gasteiger partial charge is 0.383 e. The summed E-state index contributed by atoms with van der Waals surface area (Å²) in [5, 5.41) is 0. The summed E-state index contributed by atoms with van der Waals surface area (Å²) in [7, 11) is 0. The minimum atomic E-state index is -0.129. The Morgan fingerprint density at radius 3 is 1.71 bits per heavy atom. The highest BCUT2D eigenvalue weighted by Gasteiger charge is 2.33. The molecule has 0 amide bonds. The number of fused-ring (bicyclic) bond motifs is 2. The van der Waals surface area contributed by atoms with Crippen molar-refractivity contribution in [1.82, 2.24) is 5.64 Å². The fourth-order valence-corrected chi connectivity index (χ4v) is 6.53. The highest BCUT2D eigenvalue weighted by molar-refractivity contribution is 7.99. The van der Waals surface area contributed by atoms with Gasteiger partial charge < -0.3 is 4.84 Å². The number of carbonyl (C=O) groups excluding carboxylic acids is 2. The number of carbonyl (C=O) groups is 2. The van der Waals surface area contributed by atoms with Gasteiger partial charge in [-0.15, -0.1) is 0 Å². The highest BCUT2D eigenvalue weighted by Crippen LogP contribution is 2.41. The maximum atomic E-state index is 13.9. The molecule has 0 spiro atoms. The van der Waals surface area contributed by atoms with Crippen LogP contribution in [-0.4, -0.2) is 18.2 Å². The summed E-state index contributed by atoms with van der Waals surface area (Å²) in [4.78, 5) is 42.0. The van der Waals surface area contributed by atoms with Crippen LogP contribution >= 0.6 is 23.5 Å². The fraction of sp³-hybridized carbons (Fsp3) is 0.257. The molecule has 1 aliphatic rings. The molecule has 0 aliphatic heterocycles. The number of hydrogen-bond donors (Lipinski definition) is 1. The van der Waals surface area contributed by atoms with Crippen LogP contribution in [0.3, 0.4) is 0 Å². The molecule has 0 radical (unpaired) electrons. The molecular formula is C35H35NO4S2. The van der Waals surface area contributed by atoms with E-state index in [1.165, 1.54) is 29.1 Å². The summed E-state index contributed by atoms with van der Waals surface area (Å²) in [6.07, 6.45) is 1.03. The van der Waals surface area contributed by atoms with Gasteiger partial charge in [0.25, 0.3) is 0 Å². The van der Waals surface area contributed by atoms with E-state index in [1.807, 2.05) is 48.5 Å². The first-order valence-electron chi connectivity index (χ1n) is 14.1. The summed E-state index contributed by atoms with van der Waals surface area (Å²) in [5.41, 5.74) is 5.67. The van der Waals surface area contributed by atoms with Gasteiger partial charge in [0.2, 0.25) is 0 Å². The molecule has 0 fully saturated rings. The van der Waals surface area contributed by atoms with Crippen molar-refractivity contribution in [1.29, 1.82) is 0 Å². The van der Waals surface area contributed by atoms with E-state index in [-0.39, 0.29) is 17.0 Å². The van der Waals surface area contributed by atoms with E-state index < -0.39 is 0 Å². The maximum Gasteiger partial charge on any atom is 0.195 e. The minimum absolute atomic E-state index is 0.0612. The first-order valence-corrected chi connectivity index (χ1v) is 15.7. The van der Waals surface area contributed by atoms with E-state index in [4.69, 9.17) is 9.68 Å². The van der Waals surface area contributed by atoms with E-state index in [2.05, 4.69) is 64.5 Å². The van der Waals surface area contributed by atoms with Gasteiger partial charge in [0.1, 0.15) is 5.75 Å². The molecule has 0 saturated heterocycles. The van der Waals surface area contributed by atoms with E-state index in [1.54, 1.807) is 12.1 Å². The molecule has 42 heavy (non-hydrogen) atoms. The molecule has 4 aromatic rings. The topological polar surface area (TPSA) is 64.6 Å². The van der Waals surface area contributed by atoms with Gasteiger partial charge in [0.05, 0.1) is 6.61 Å². The molecule has 4 aromatic carbocycles. The van der Waals surface area contributed by atoms with E-state index in [0.717, 1.165) is 26.0 Å². The van der Waals surface area contributed by atoms with Crippen molar-refractivity contribution in [3.8, 4) is 5.75 Å². The van der Waals surface area contributed by atoms with Crippen molar-refractivity contribution in [3.63, 3.8) is 0 Å². The summed E-state index contributed by atoms with van der Waals surface area (Å²) in [6, 6.07) is 26.9. The summed E-state index contributed by atoms with van der Waals surface area (Å²) < 4.78 is 0. The third kappa shape index (κ3) is 6.65. The summed E-state index contributed by atoms with van der Waals surface area (Å²) in [6.45, 7) is 11.3. The number of nitrogens with one attached hydrogen (secondary N) is 1. The second-order valence-corrected chi connectivity index (χ2v) is 13.7. The summed E-state index contributed by atoms with van der Waals surface area (Å²) >= 11 is 2.97. The molecule has 0 saturated carbocycles. The molecule has 1 aliphatic carbocycles. The van der Waals surface area contributed by atoms with Gasteiger partial charge in [0, 0.05) is 41.8 Å². The van der Waals surface area contributed by atoms with Gasteiger partial charge in [-0.05, 0) is 71.1 Å². The lowest BCUT2D eigenvalue weighted by atomic mass is 9.84. The predicted octanol–water partition coefficient (Wildman–Crippen LogP) is 8.92. The smallest absolute Gasteiger partial charge is 0.195 e. The lowest BCUT2D eigenvalue weighted by molar-refractivity contribution is -0.116.